The highest BCUT2D eigenvalue weighted by Crippen LogP contribution is 2.39. The van der Waals surface area contributed by atoms with Crippen molar-refractivity contribution in [2.24, 2.45) is 23.7 Å². The van der Waals surface area contributed by atoms with E-state index in [1.54, 1.807) is 6.20 Å². The summed E-state index contributed by atoms with van der Waals surface area (Å²) in [6, 6.07) is 11.6. The topological polar surface area (TPSA) is 133 Å². The molecule has 1 aliphatic rings. The lowest BCUT2D eigenvalue weighted by molar-refractivity contribution is -0.123. The number of nitrogens with one attached hydrogen (secondary N) is 1. The van der Waals surface area contributed by atoms with Crippen LogP contribution in [0.4, 0.5) is 0 Å². The van der Waals surface area contributed by atoms with Crippen molar-refractivity contribution in [3.05, 3.63) is 53.7 Å². The van der Waals surface area contributed by atoms with Gasteiger partial charge in [-0.3, -0.25) is 29.5 Å². The maximum Gasteiger partial charge on any atom is 0.166 e. The molecule has 1 N–H and O–H groups in total. The van der Waals surface area contributed by atoms with E-state index in [2.05, 4.69) is 10.3 Å². The van der Waals surface area contributed by atoms with Gasteiger partial charge in [0.25, 0.3) is 0 Å². The van der Waals surface area contributed by atoms with Crippen LogP contribution in [0.2, 0.25) is 0 Å². The lowest BCUT2D eigenvalue weighted by Gasteiger charge is -2.34. The molecule has 1 aromatic carbocycles. The summed E-state index contributed by atoms with van der Waals surface area (Å²) in [5, 5.41) is 3.56. The van der Waals surface area contributed by atoms with Crippen molar-refractivity contribution < 1.29 is 39.6 Å². The smallest absolute Gasteiger partial charge is 0.166 e. The maximum absolute atomic E-state index is 12.3. The summed E-state index contributed by atoms with van der Waals surface area (Å²) in [4.78, 5) is 53.5. The average molecular weight is 683 g/mol. The average Bonchev–Trinajstić information content (AvgIpc) is 3.84. The molecule has 0 radical (unpaired) electrons. The van der Waals surface area contributed by atoms with Crippen molar-refractivity contribution in [3.63, 3.8) is 0 Å². The van der Waals surface area contributed by atoms with Crippen LogP contribution in [-0.4, -0.2) is 79.5 Å². The molecule has 1 saturated heterocycles. The van der Waals surface area contributed by atoms with Crippen molar-refractivity contribution in [2.75, 3.05) is 39.6 Å². The van der Waals surface area contributed by atoms with Gasteiger partial charge in [-0.05, 0) is 17.7 Å². The van der Waals surface area contributed by atoms with Crippen LogP contribution in [0.1, 0.15) is 98.1 Å². The molecule has 2 aromatic rings. The first-order valence-electron chi connectivity index (χ1n) is 17.6. The summed E-state index contributed by atoms with van der Waals surface area (Å²) in [5.41, 5.74) is 2.38. The Balaban J connectivity index is 0.00000867. The highest BCUT2D eigenvalue weighted by atomic mass is 16.6. The van der Waals surface area contributed by atoms with E-state index in [0.29, 0.717) is 24.8 Å². The van der Waals surface area contributed by atoms with Crippen LogP contribution in [0.5, 0.6) is 0 Å². The molecule has 1 aliphatic heterocycles. The van der Waals surface area contributed by atoms with E-state index in [-0.39, 0.29) is 100 Å². The zero-order valence-electron chi connectivity index (χ0n) is 30.6. The summed E-state index contributed by atoms with van der Waals surface area (Å²) in [6.45, 7) is 16.2. The molecule has 0 amide bonds. The molecule has 2 atom stereocenters. The van der Waals surface area contributed by atoms with E-state index in [0.717, 1.165) is 16.8 Å². The quantitative estimate of drug-likeness (QED) is 0.0748. The molecule has 0 spiro atoms. The number of hydrogen-bond acceptors (Lipinski definition) is 10. The minimum atomic E-state index is -0.874. The van der Waals surface area contributed by atoms with Crippen LogP contribution in [0.25, 0.3) is 11.3 Å². The van der Waals surface area contributed by atoms with Gasteiger partial charge in [0.05, 0.1) is 50.9 Å². The van der Waals surface area contributed by atoms with Crippen LogP contribution in [0.15, 0.2) is 42.6 Å². The predicted molar refractivity (Wildman–Crippen MR) is 190 cm³/mol. The Bertz CT molecular complexity index is 1310. The molecule has 0 bridgehead atoms. The molecule has 1 fully saturated rings. The van der Waals surface area contributed by atoms with E-state index in [1.807, 2.05) is 91.8 Å². The Morgan fingerprint density at radius 2 is 1.18 bits per heavy atom. The normalized spacial score (nSPS) is 16.2. The zero-order chi connectivity index (χ0) is 36.1. The first-order valence-corrected chi connectivity index (χ1v) is 17.6. The molecule has 2 unspecified atom stereocenters. The summed E-state index contributed by atoms with van der Waals surface area (Å²) in [6.07, 6.45) is 1.90. The summed E-state index contributed by atoms with van der Waals surface area (Å²) in [7, 11) is 0. The number of rotatable bonds is 24. The maximum atomic E-state index is 12.3. The van der Waals surface area contributed by atoms with Gasteiger partial charge in [0, 0.05) is 61.7 Å². The Morgan fingerprint density at radius 1 is 0.714 bits per heavy atom. The summed E-state index contributed by atoms with van der Waals surface area (Å²) < 4.78 is 24.3. The molecule has 2 heterocycles. The van der Waals surface area contributed by atoms with E-state index < -0.39 is 5.54 Å². The Labute approximate surface area is 293 Å². The Kier molecular flexibility index (Phi) is 15.9. The van der Waals surface area contributed by atoms with Crippen molar-refractivity contribution in [1.82, 2.24) is 10.3 Å². The number of carbonyl (C=O) groups is 4. The van der Waals surface area contributed by atoms with Gasteiger partial charge in [-0.15, -0.1) is 0 Å². The first kappa shape index (κ1) is 40.3. The second kappa shape index (κ2) is 19.3. The predicted octanol–water partition coefficient (Wildman–Crippen LogP) is 6.45. The molecule has 0 saturated carbocycles. The highest BCUT2D eigenvalue weighted by Gasteiger charge is 2.46. The second-order valence-corrected chi connectivity index (χ2v) is 14.2. The van der Waals surface area contributed by atoms with E-state index in [1.165, 1.54) is 0 Å². The van der Waals surface area contributed by atoms with Gasteiger partial charge in [-0.25, -0.2) is 0 Å². The number of hydrogen-bond donors (Lipinski definition) is 1. The fraction of sp³-hybridized carbons (Fsp3) is 0.615. The highest BCUT2D eigenvalue weighted by molar-refractivity contribution is 5.97. The van der Waals surface area contributed by atoms with Gasteiger partial charge in [-0.2, -0.15) is 0 Å². The van der Waals surface area contributed by atoms with Crippen molar-refractivity contribution >= 4 is 23.1 Å². The largest absolute Gasteiger partial charge is 0.379 e. The van der Waals surface area contributed by atoms with Crippen LogP contribution < -0.4 is 5.32 Å². The van der Waals surface area contributed by atoms with Crippen LogP contribution in [-0.2, 0) is 33.3 Å². The molecule has 272 valence electrons. The molecule has 0 aliphatic carbocycles. The Hall–Kier alpha value is -3.15. The number of ether oxygens (including phenoxy) is 4. The molecule has 49 heavy (non-hydrogen) atoms. The van der Waals surface area contributed by atoms with Crippen LogP contribution in [0, 0.1) is 23.7 Å². The summed E-state index contributed by atoms with van der Waals surface area (Å²) >= 11 is 0. The number of nitrogens with zero attached hydrogens (tertiary/aromatic N) is 1. The molecular weight excluding hydrogens is 624 g/mol. The first-order chi connectivity index (χ1) is 23.2. The number of epoxide rings is 1. The number of benzene rings is 1. The van der Waals surface area contributed by atoms with Gasteiger partial charge in [0.1, 0.15) is 29.7 Å². The van der Waals surface area contributed by atoms with Crippen molar-refractivity contribution in [1.29, 1.82) is 0 Å². The summed E-state index contributed by atoms with van der Waals surface area (Å²) in [5.74, 6) is 0.101. The third kappa shape index (κ3) is 12.9. The lowest BCUT2D eigenvalue weighted by Crippen LogP contribution is -2.58. The second-order valence-electron chi connectivity index (χ2n) is 14.2. The third-order valence-corrected chi connectivity index (χ3v) is 8.59. The standard InChI is InChI=1S/C39H56N2O8.H2/c1-25(2)33(42)15-18-46-22-39(23-47-19-16-34(43)26(3)4,24-48-20-17-35(44)27(5)6)41-38-37(49-38)30-11-9-29(10-12-30)32-14-13-31(21-40-32)36(45)28(7)8;/h9-14,21,25-28,37-38,41H,15-20,22-24H2,1-8H3;1H. The van der Waals surface area contributed by atoms with Crippen LogP contribution >= 0.6 is 0 Å². The fourth-order valence-corrected chi connectivity index (χ4v) is 5.10. The minimum Gasteiger partial charge on any atom is -0.379 e. The van der Waals surface area contributed by atoms with Crippen molar-refractivity contribution in [2.45, 2.75) is 92.5 Å². The number of aromatic nitrogens is 1. The van der Waals surface area contributed by atoms with Gasteiger partial charge in [-0.1, -0.05) is 79.7 Å². The SMILES string of the molecule is CC(C)C(=O)CCOCC(COCCC(=O)C(C)C)(COCCC(=O)C(C)C)NC1OC1c1ccc(-c2ccc(C(=O)C(C)C)cn2)cc1.[HH]. The minimum absolute atomic E-state index is 0. The Morgan fingerprint density at radius 3 is 1.57 bits per heavy atom. The number of ketones is 4. The molecular formula is C39H58N2O8. The van der Waals surface area contributed by atoms with Gasteiger partial charge in [0.15, 0.2) is 5.78 Å². The number of pyridine rings is 1. The zero-order valence-corrected chi connectivity index (χ0v) is 30.6. The van der Waals surface area contributed by atoms with E-state index >= 15 is 0 Å². The van der Waals surface area contributed by atoms with Crippen molar-refractivity contribution in [3.8, 4) is 11.3 Å². The van der Waals surface area contributed by atoms with Crippen LogP contribution in [0.3, 0.4) is 0 Å². The molecule has 10 heteroatoms. The number of Topliss-reactive ketones (excluding diaryl/α,β-unsaturated/α-hetero) is 4. The van der Waals surface area contributed by atoms with E-state index in [4.69, 9.17) is 18.9 Å². The molecule has 3 rings (SSSR count). The number of carbonyl (C=O) groups excluding carboxylic acids is 4. The molecule has 10 nitrogen and oxygen atoms in total. The monoisotopic (exact) mass is 682 g/mol. The lowest BCUT2D eigenvalue weighted by atomic mass is 10.0. The third-order valence-electron chi connectivity index (χ3n) is 8.59. The van der Waals surface area contributed by atoms with Gasteiger partial charge >= 0.3 is 0 Å². The van der Waals surface area contributed by atoms with E-state index in [9.17, 15) is 19.2 Å². The van der Waals surface area contributed by atoms with Gasteiger partial charge < -0.3 is 18.9 Å². The van der Waals surface area contributed by atoms with Gasteiger partial charge in [0.2, 0.25) is 0 Å². The fourth-order valence-electron chi connectivity index (χ4n) is 5.10. The molecule has 1 aromatic heterocycles.